The lowest BCUT2D eigenvalue weighted by Crippen LogP contribution is -2.34. The molecule has 3 heterocycles. The number of amides is 1. The summed E-state index contributed by atoms with van der Waals surface area (Å²) in [6.45, 7) is 3.58. The Morgan fingerprint density at radius 2 is 1.80 bits per heavy atom. The minimum absolute atomic E-state index is 0.185. The molecule has 41 heavy (non-hydrogen) atoms. The van der Waals surface area contributed by atoms with E-state index in [-0.39, 0.29) is 36.8 Å². The third-order valence-corrected chi connectivity index (χ3v) is 6.58. The summed E-state index contributed by atoms with van der Waals surface area (Å²) in [6.07, 6.45) is 1.22. The van der Waals surface area contributed by atoms with Crippen molar-refractivity contribution in [2.24, 2.45) is 5.73 Å². The van der Waals surface area contributed by atoms with E-state index in [1.807, 2.05) is 0 Å². The number of ether oxygens (including phenoxy) is 1. The predicted molar refractivity (Wildman–Crippen MR) is 143 cm³/mol. The molecule has 0 saturated heterocycles. The Morgan fingerprint density at radius 1 is 1.10 bits per heavy atom. The van der Waals surface area contributed by atoms with Gasteiger partial charge >= 0.3 is 6.18 Å². The van der Waals surface area contributed by atoms with Gasteiger partial charge in [0, 0.05) is 30.3 Å². The van der Waals surface area contributed by atoms with Crippen LogP contribution in [0, 0.1) is 0 Å². The van der Waals surface area contributed by atoms with E-state index in [4.69, 9.17) is 10.5 Å². The second kappa shape index (κ2) is 11.1. The minimum atomic E-state index is -4.55. The van der Waals surface area contributed by atoms with E-state index >= 15 is 0 Å². The molecule has 0 radical (unpaired) electrons. The lowest BCUT2D eigenvalue weighted by Gasteiger charge is -2.22. The van der Waals surface area contributed by atoms with Crippen LogP contribution in [-0.2, 0) is 17.5 Å². The van der Waals surface area contributed by atoms with Gasteiger partial charge in [0.15, 0.2) is 11.5 Å². The van der Waals surface area contributed by atoms with Crippen molar-refractivity contribution in [1.29, 1.82) is 0 Å². The summed E-state index contributed by atoms with van der Waals surface area (Å²) in [5.41, 5.74) is 7.22. The molecule has 0 unspecified atom stereocenters. The lowest BCUT2D eigenvalue weighted by atomic mass is 10.1. The van der Waals surface area contributed by atoms with Gasteiger partial charge in [-0.25, -0.2) is 24.9 Å². The number of nitrogens with two attached hydrogens (primary N) is 1. The quantitative estimate of drug-likeness (QED) is 0.299. The zero-order valence-electron chi connectivity index (χ0n) is 22.6. The average molecular weight is 568 g/mol. The molecule has 1 aliphatic rings. The van der Waals surface area contributed by atoms with E-state index in [1.165, 1.54) is 24.3 Å². The molecule has 1 aliphatic carbocycles. The summed E-state index contributed by atoms with van der Waals surface area (Å²) in [4.78, 5) is 39.3. The largest absolute Gasteiger partial charge is 0.480 e. The maximum atomic E-state index is 13.3. The number of aromatic nitrogens is 7. The molecule has 2 N–H and O–H groups in total. The van der Waals surface area contributed by atoms with Crippen LogP contribution in [0.25, 0.3) is 22.8 Å². The molecule has 1 aromatic carbocycles. The number of alkyl halides is 3. The van der Waals surface area contributed by atoms with Crippen LogP contribution in [0.15, 0.2) is 43.1 Å². The van der Waals surface area contributed by atoms with Crippen molar-refractivity contribution in [3.63, 3.8) is 0 Å². The van der Waals surface area contributed by atoms with Crippen molar-refractivity contribution in [3.8, 4) is 28.7 Å². The Labute approximate surface area is 233 Å². The van der Waals surface area contributed by atoms with Gasteiger partial charge in [-0.15, -0.1) is 0 Å². The highest BCUT2D eigenvalue weighted by Crippen LogP contribution is 2.44. The summed E-state index contributed by atoms with van der Waals surface area (Å²) >= 11 is 0. The molecule has 1 saturated carbocycles. The fourth-order valence-corrected chi connectivity index (χ4v) is 4.48. The Bertz CT molecular complexity index is 1550. The number of methoxy groups -OCH3 is 1. The molecule has 1 amide bonds. The zero-order valence-corrected chi connectivity index (χ0v) is 22.6. The topological polar surface area (TPSA) is 138 Å². The van der Waals surface area contributed by atoms with E-state index in [0.29, 0.717) is 22.8 Å². The van der Waals surface area contributed by atoms with Crippen molar-refractivity contribution >= 4 is 11.9 Å². The molecule has 3 aromatic heterocycles. The van der Waals surface area contributed by atoms with Crippen molar-refractivity contribution in [1.82, 2.24) is 34.5 Å². The van der Waals surface area contributed by atoms with Crippen molar-refractivity contribution < 1.29 is 22.7 Å². The molecular weight excluding hydrogens is 539 g/mol. The number of hydrogen-bond acceptors (Lipinski definition) is 9. The highest BCUT2D eigenvalue weighted by Gasteiger charge is 2.35. The van der Waals surface area contributed by atoms with Gasteiger partial charge in [0.1, 0.15) is 24.0 Å². The molecule has 0 atom stereocenters. The summed E-state index contributed by atoms with van der Waals surface area (Å²) < 4.78 is 46.9. The van der Waals surface area contributed by atoms with Gasteiger partial charge in [0.25, 0.3) is 0 Å². The minimum Gasteiger partial charge on any atom is -0.480 e. The van der Waals surface area contributed by atoms with Crippen molar-refractivity contribution in [2.45, 2.75) is 51.4 Å². The summed E-state index contributed by atoms with van der Waals surface area (Å²) in [6, 6.07) is 6.64. The van der Waals surface area contributed by atoms with Crippen LogP contribution < -0.4 is 15.4 Å². The number of benzene rings is 1. The maximum Gasteiger partial charge on any atom is 0.434 e. The van der Waals surface area contributed by atoms with Crippen LogP contribution in [0.5, 0.6) is 5.88 Å². The number of halogens is 3. The molecule has 214 valence electrons. The Balaban J connectivity index is 1.45. The SMILES string of the molecule is COc1ncnc(C2CC2)c1-c1ncnc(N(CC(N)=O)Cc2ccc(-c3nc(C(F)(F)F)cn3C(C)C)cc2)n1. The smallest absolute Gasteiger partial charge is 0.434 e. The number of rotatable bonds is 10. The van der Waals surface area contributed by atoms with E-state index in [9.17, 15) is 18.0 Å². The maximum absolute atomic E-state index is 13.3. The molecule has 14 heteroatoms. The van der Waals surface area contributed by atoms with Crippen LogP contribution in [0.1, 0.15) is 55.6 Å². The Morgan fingerprint density at radius 3 is 2.41 bits per heavy atom. The number of nitrogens with zero attached hydrogens (tertiary/aromatic N) is 8. The summed E-state index contributed by atoms with van der Waals surface area (Å²) in [5.74, 6) is 0.725. The number of imidazole rings is 1. The first kappa shape index (κ1) is 27.9. The first-order chi connectivity index (χ1) is 19.5. The standard InChI is InChI=1S/C27H28F3N9O2/c1-15(2)39-11-19(27(28,29)30)36-24(39)18-6-4-16(5-7-18)10-38(12-20(31)40)26-35-14-33-23(37-26)21-22(17-8-9-17)32-13-34-25(21)41-3/h4-7,11,13-15,17H,8-10,12H2,1-3H3,(H2,31,40). The molecule has 5 rings (SSSR count). The van der Waals surface area contributed by atoms with Gasteiger partial charge in [-0.05, 0) is 32.3 Å². The molecule has 1 fully saturated rings. The number of primary amides is 1. The molecule has 11 nitrogen and oxygen atoms in total. The van der Waals surface area contributed by atoms with Gasteiger partial charge in [0.2, 0.25) is 17.7 Å². The fraction of sp³-hybridized carbons (Fsp3) is 0.370. The van der Waals surface area contributed by atoms with Gasteiger partial charge < -0.3 is 19.9 Å². The lowest BCUT2D eigenvalue weighted by molar-refractivity contribution is -0.140. The summed E-state index contributed by atoms with van der Waals surface area (Å²) in [7, 11) is 1.51. The Hall–Kier alpha value is -4.62. The van der Waals surface area contributed by atoms with E-state index < -0.39 is 17.8 Å². The van der Waals surface area contributed by atoms with Crippen LogP contribution >= 0.6 is 0 Å². The zero-order chi connectivity index (χ0) is 29.3. The van der Waals surface area contributed by atoms with Gasteiger partial charge in [-0.3, -0.25) is 4.79 Å². The van der Waals surface area contributed by atoms with Gasteiger partial charge in [-0.2, -0.15) is 18.2 Å². The molecule has 4 aromatic rings. The third-order valence-electron chi connectivity index (χ3n) is 6.58. The second-order valence-electron chi connectivity index (χ2n) is 9.99. The molecule has 0 bridgehead atoms. The Kier molecular flexibility index (Phi) is 7.56. The van der Waals surface area contributed by atoms with E-state index in [1.54, 1.807) is 43.0 Å². The highest BCUT2D eigenvalue weighted by atomic mass is 19.4. The van der Waals surface area contributed by atoms with Crippen LogP contribution in [0.2, 0.25) is 0 Å². The van der Waals surface area contributed by atoms with E-state index in [2.05, 4.69) is 29.9 Å². The monoisotopic (exact) mass is 567 g/mol. The summed E-state index contributed by atoms with van der Waals surface area (Å²) in [5, 5.41) is 0. The second-order valence-corrected chi connectivity index (χ2v) is 9.99. The normalized spacial score (nSPS) is 13.4. The third kappa shape index (κ3) is 6.10. The first-order valence-electron chi connectivity index (χ1n) is 12.9. The highest BCUT2D eigenvalue weighted by molar-refractivity contribution is 5.79. The predicted octanol–water partition coefficient (Wildman–Crippen LogP) is 4.17. The van der Waals surface area contributed by atoms with Crippen LogP contribution in [0.3, 0.4) is 0 Å². The van der Waals surface area contributed by atoms with Crippen LogP contribution in [0.4, 0.5) is 19.1 Å². The number of hydrogen-bond donors (Lipinski definition) is 1. The number of anilines is 1. The van der Waals surface area contributed by atoms with Gasteiger partial charge in [-0.1, -0.05) is 24.3 Å². The molecule has 0 aliphatic heterocycles. The number of carbonyl (C=O) groups excluding carboxylic acids is 1. The van der Waals surface area contributed by atoms with Crippen molar-refractivity contribution in [3.05, 3.63) is 60.1 Å². The van der Waals surface area contributed by atoms with Crippen molar-refractivity contribution in [2.75, 3.05) is 18.6 Å². The fourth-order valence-electron chi connectivity index (χ4n) is 4.48. The number of carbonyl (C=O) groups is 1. The van der Waals surface area contributed by atoms with E-state index in [0.717, 1.165) is 30.3 Å². The van der Waals surface area contributed by atoms with Gasteiger partial charge in [0.05, 0.1) is 19.3 Å². The molecular formula is C27H28F3N9O2. The average Bonchev–Trinajstić information content (AvgIpc) is 3.68. The molecule has 0 spiro atoms. The first-order valence-corrected chi connectivity index (χ1v) is 12.9. The van der Waals surface area contributed by atoms with Crippen LogP contribution in [-0.4, -0.2) is 54.0 Å².